The number of methoxy groups -OCH3 is 1. The van der Waals surface area contributed by atoms with Gasteiger partial charge in [0.15, 0.2) is 11.5 Å². The van der Waals surface area contributed by atoms with Crippen molar-refractivity contribution in [3.8, 4) is 11.5 Å². The number of nitrogens with one attached hydrogen (secondary N) is 2. The molecule has 3 rings (SSSR count). The Kier molecular flexibility index (Phi) is 4.21. The number of phenolic OH excluding ortho intramolecular Hbond substituents is 1. The van der Waals surface area contributed by atoms with Gasteiger partial charge in [0.2, 0.25) is 0 Å². The molecule has 0 spiro atoms. The average Bonchev–Trinajstić information content (AvgIpc) is 2.60. The van der Waals surface area contributed by atoms with E-state index in [1.54, 1.807) is 18.2 Å². The smallest absolute Gasteiger partial charge is 0.293 e. The number of para-hydroxylation sites is 1. The molecule has 0 atom stereocenters. The Labute approximate surface area is 141 Å². The topological polar surface area (TPSA) is 130 Å². The number of nitro groups is 1. The second-order valence-electron chi connectivity index (χ2n) is 5.20. The molecule has 0 bridgehead atoms. The third-order valence-electron chi connectivity index (χ3n) is 3.73. The van der Waals surface area contributed by atoms with Crippen LogP contribution in [0, 0.1) is 10.1 Å². The average molecular weight is 342 g/mol. The quantitative estimate of drug-likeness (QED) is 0.478. The van der Waals surface area contributed by atoms with Crippen LogP contribution in [0.1, 0.15) is 5.56 Å². The van der Waals surface area contributed by atoms with Crippen LogP contribution in [0.4, 0.5) is 11.4 Å². The van der Waals surface area contributed by atoms with Crippen molar-refractivity contribution in [1.29, 1.82) is 0 Å². The number of aromatic nitrogens is 2. The summed E-state index contributed by atoms with van der Waals surface area (Å²) in [5.74, 6) is 0.260. The molecule has 1 aromatic heterocycles. The minimum absolute atomic E-state index is 0.0458. The van der Waals surface area contributed by atoms with E-state index in [0.29, 0.717) is 16.8 Å². The van der Waals surface area contributed by atoms with Crippen molar-refractivity contribution in [2.45, 2.75) is 6.54 Å². The van der Waals surface area contributed by atoms with Gasteiger partial charge in [-0.1, -0.05) is 12.1 Å². The number of aromatic hydroxyl groups is 1. The van der Waals surface area contributed by atoms with Crippen LogP contribution >= 0.6 is 0 Å². The summed E-state index contributed by atoms with van der Waals surface area (Å²) < 4.78 is 5.04. The first kappa shape index (κ1) is 16.2. The number of aromatic amines is 1. The fraction of sp³-hybridized carbons (Fsp3) is 0.125. The lowest BCUT2D eigenvalue weighted by atomic mass is 10.1. The SMILES string of the molecule is COc1cccc(CNc2cc3nc[nH]c(=O)c3cc2[N+](=O)[O-])c1O. The first-order valence-electron chi connectivity index (χ1n) is 7.26. The van der Waals surface area contributed by atoms with E-state index in [9.17, 15) is 20.0 Å². The molecule has 3 aromatic rings. The third-order valence-corrected chi connectivity index (χ3v) is 3.73. The summed E-state index contributed by atoms with van der Waals surface area (Å²) in [6.07, 6.45) is 1.23. The Morgan fingerprint density at radius 3 is 2.92 bits per heavy atom. The Hall–Kier alpha value is -3.62. The van der Waals surface area contributed by atoms with Crippen molar-refractivity contribution in [3.05, 3.63) is 62.7 Å². The molecule has 9 heteroatoms. The maximum absolute atomic E-state index is 11.8. The first-order valence-corrected chi connectivity index (χ1v) is 7.26. The lowest BCUT2D eigenvalue weighted by Gasteiger charge is -2.11. The van der Waals surface area contributed by atoms with E-state index in [2.05, 4.69) is 15.3 Å². The highest BCUT2D eigenvalue weighted by molar-refractivity contribution is 5.86. The summed E-state index contributed by atoms with van der Waals surface area (Å²) in [6.45, 7) is 0.124. The van der Waals surface area contributed by atoms with Gasteiger partial charge in [-0.2, -0.15) is 0 Å². The van der Waals surface area contributed by atoms with Crippen LogP contribution in [0.2, 0.25) is 0 Å². The van der Waals surface area contributed by atoms with Gasteiger partial charge in [0.1, 0.15) is 5.69 Å². The van der Waals surface area contributed by atoms with Crippen molar-refractivity contribution in [3.63, 3.8) is 0 Å². The van der Waals surface area contributed by atoms with E-state index in [1.807, 2.05) is 0 Å². The number of ether oxygens (including phenoxy) is 1. The van der Waals surface area contributed by atoms with E-state index in [1.165, 1.54) is 25.6 Å². The van der Waals surface area contributed by atoms with Gasteiger partial charge in [-0.05, 0) is 12.1 Å². The predicted molar refractivity (Wildman–Crippen MR) is 91.0 cm³/mol. The van der Waals surface area contributed by atoms with E-state index in [0.717, 1.165) is 0 Å². The Morgan fingerprint density at radius 2 is 2.20 bits per heavy atom. The third kappa shape index (κ3) is 3.07. The monoisotopic (exact) mass is 342 g/mol. The van der Waals surface area contributed by atoms with Gasteiger partial charge in [-0.15, -0.1) is 0 Å². The molecule has 128 valence electrons. The zero-order valence-corrected chi connectivity index (χ0v) is 13.1. The standard InChI is InChI=1S/C16H14N4O5/c1-25-14-4-2-3-9(15(14)21)7-17-12-6-11-10(5-13(12)20(23)24)16(22)19-8-18-11/h2-6,8,17,21H,7H2,1H3,(H,18,19,22). The molecular formula is C16H14N4O5. The zero-order chi connectivity index (χ0) is 18.0. The van der Waals surface area contributed by atoms with Crippen LogP contribution < -0.4 is 15.6 Å². The summed E-state index contributed by atoms with van der Waals surface area (Å²) in [4.78, 5) is 28.9. The fourth-order valence-electron chi connectivity index (χ4n) is 2.46. The normalized spacial score (nSPS) is 10.6. The second-order valence-corrected chi connectivity index (χ2v) is 5.20. The molecule has 25 heavy (non-hydrogen) atoms. The number of nitro benzene ring substituents is 1. The number of H-pyrrole nitrogens is 1. The van der Waals surface area contributed by atoms with E-state index in [4.69, 9.17) is 4.74 Å². The molecule has 0 amide bonds. The number of hydrogen-bond acceptors (Lipinski definition) is 7. The van der Waals surface area contributed by atoms with Crippen molar-refractivity contribution in [2.24, 2.45) is 0 Å². The van der Waals surface area contributed by atoms with E-state index < -0.39 is 10.5 Å². The van der Waals surface area contributed by atoms with Crippen molar-refractivity contribution < 1.29 is 14.8 Å². The molecule has 0 unspecified atom stereocenters. The number of rotatable bonds is 5. The first-order chi connectivity index (χ1) is 12.0. The summed E-state index contributed by atoms with van der Waals surface area (Å²) in [6, 6.07) is 7.58. The number of nitrogens with zero attached hydrogens (tertiary/aromatic N) is 2. The number of benzene rings is 2. The highest BCUT2D eigenvalue weighted by Crippen LogP contribution is 2.32. The minimum atomic E-state index is -0.584. The van der Waals surface area contributed by atoms with Gasteiger partial charge in [0, 0.05) is 18.2 Å². The maximum atomic E-state index is 11.8. The van der Waals surface area contributed by atoms with E-state index in [-0.39, 0.29) is 29.1 Å². The van der Waals surface area contributed by atoms with Crippen LogP contribution in [0.15, 0.2) is 41.5 Å². The Morgan fingerprint density at radius 1 is 1.40 bits per heavy atom. The molecule has 3 N–H and O–H groups in total. The molecule has 2 aromatic carbocycles. The van der Waals surface area contributed by atoms with Crippen LogP contribution in [-0.4, -0.2) is 27.1 Å². The van der Waals surface area contributed by atoms with Gasteiger partial charge < -0.3 is 20.1 Å². The van der Waals surface area contributed by atoms with Gasteiger partial charge >= 0.3 is 0 Å². The Bertz CT molecular complexity index is 1020. The van der Waals surface area contributed by atoms with Gasteiger partial charge in [0.25, 0.3) is 11.2 Å². The molecule has 0 saturated carbocycles. The van der Waals surface area contributed by atoms with Gasteiger partial charge in [-0.25, -0.2) is 4.98 Å². The summed E-state index contributed by atoms with van der Waals surface area (Å²) in [5.41, 5.74) is 0.315. The van der Waals surface area contributed by atoms with Gasteiger partial charge in [-0.3, -0.25) is 14.9 Å². The molecule has 0 aliphatic heterocycles. The van der Waals surface area contributed by atoms with Gasteiger partial charge in [0.05, 0.1) is 29.3 Å². The highest BCUT2D eigenvalue weighted by atomic mass is 16.6. The highest BCUT2D eigenvalue weighted by Gasteiger charge is 2.17. The number of fused-ring (bicyclic) bond motifs is 1. The van der Waals surface area contributed by atoms with Crippen LogP contribution in [0.3, 0.4) is 0 Å². The molecule has 1 heterocycles. The zero-order valence-electron chi connectivity index (χ0n) is 13.1. The molecule has 0 saturated heterocycles. The number of phenols is 1. The Balaban J connectivity index is 2.00. The summed E-state index contributed by atoms with van der Waals surface area (Å²) >= 11 is 0. The maximum Gasteiger partial charge on any atom is 0.293 e. The predicted octanol–water partition coefficient (Wildman–Crippen LogP) is 2.16. The molecule has 9 nitrogen and oxygen atoms in total. The minimum Gasteiger partial charge on any atom is -0.504 e. The summed E-state index contributed by atoms with van der Waals surface area (Å²) in [7, 11) is 1.43. The number of hydrogen-bond donors (Lipinski definition) is 3. The molecule has 0 aliphatic carbocycles. The lowest BCUT2D eigenvalue weighted by molar-refractivity contribution is -0.383. The van der Waals surface area contributed by atoms with E-state index >= 15 is 0 Å². The molecule has 0 aliphatic rings. The lowest BCUT2D eigenvalue weighted by Crippen LogP contribution is -2.09. The van der Waals surface area contributed by atoms with Crippen LogP contribution in [0.5, 0.6) is 11.5 Å². The van der Waals surface area contributed by atoms with Crippen LogP contribution in [-0.2, 0) is 6.54 Å². The summed E-state index contributed by atoms with van der Waals surface area (Å²) in [5, 5.41) is 24.4. The van der Waals surface area contributed by atoms with Crippen molar-refractivity contribution in [1.82, 2.24) is 9.97 Å². The number of anilines is 1. The van der Waals surface area contributed by atoms with Crippen molar-refractivity contribution in [2.75, 3.05) is 12.4 Å². The van der Waals surface area contributed by atoms with Crippen LogP contribution in [0.25, 0.3) is 10.9 Å². The second kappa shape index (κ2) is 6.48. The molecular weight excluding hydrogens is 328 g/mol. The molecule has 0 fully saturated rings. The van der Waals surface area contributed by atoms with Crippen molar-refractivity contribution >= 4 is 22.3 Å². The fourth-order valence-corrected chi connectivity index (χ4v) is 2.46. The largest absolute Gasteiger partial charge is 0.504 e. The molecule has 0 radical (unpaired) electrons.